The molecule has 0 saturated heterocycles. The first-order chi connectivity index (χ1) is 14.0. The lowest BCUT2D eigenvalue weighted by Crippen LogP contribution is -2.23. The fourth-order valence-corrected chi connectivity index (χ4v) is 3.99. The molecule has 4 rings (SSSR count). The molecule has 29 heavy (non-hydrogen) atoms. The minimum absolute atomic E-state index is 0.0811. The van der Waals surface area contributed by atoms with Crippen LogP contribution in [-0.2, 0) is 11.8 Å². The van der Waals surface area contributed by atoms with Gasteiger partial charge in [0.1, 0.15) is 0 Å². The molecule has 0 radical (unpaired) electrons. The minimum atomic E-state index is -0.338. The second-order valence-electron chi connectivity index (χ2n) is 6.65. The van der Waals surface area contributed by atoms with E-state index < -0.39 is 0 Å². The summed E-state index contributed by atoms with van der Waals surface area (Å²) in [5.41, 5.74) is 1.73. The number of carbonyl (C=O) groups excluding carboxylic acids is 1. The topological polar surface area (TPSA) is 59.8 Å². The molecule has 146 valence electrons. The van der Waals surface area contributed by atoms with Crippen LogP contribution in [0.25, 0.3) is 22.2 Å². The van der Waals surface area contributed by atoms with Gasteiger partial charge in [0.2, 0.25) is 5.91 Å². The van der Waals surface area contributed by atoms with Crippen LogP contribution in [0.1, 0.15) is 6.92 Å². The lowest BCUT2D eigenvalue weighted by molar-refractivity contribution is -0.115. The third-order valence-corrected chi connectivity index (χ3v) is 6.02. The summed E-state index contributed by atoms with van der Waals surface area (Å²) in [6.45, 7) is 1.86. The van der Waals surface area contributed by atoms with Crippen LogP contribution in [0.3, 0.4) is 0 Å². The number of hydrogen-bond acceptors (Lipinski definition) is 4. The van der Waals surface area contributed by atoms with Gasteiger partial charge in [0.25, 0.3) is 0 Å². The first-order valence-corrected chi connectivity index (χ1v) is 10.4. The number of hydrogen-bond donors (Lipinski definition) is 1. The molecule has 5 nitrogen and oxygen atoms in total. The van der Waals surface area contributed by atoms with Crippen LogP contribution in [0.5, 0.6) is 0 Å². The molecule has 0 aliphatic carbocycles. The predicted molar refractivity (Wildman–Crippen MR) is 119 cm³/mol. The number of nitrogens with zero attached hydrogens (tertiary/aromatic N) is 3. The van der Waals surface area contributed by atoms with Gasteiger partial charge in [-0.1, -0.05) is 59.8 Å². The van der Waals surface area contributed by atoms with Crippen molar-refractivity contribution >= 4 is 45.7 Å². The van der Waals surface area contributed by atoms with Crippen LogP contribution >= 0.6 is 23.4 Å². The number of aromatic nitrogens is 3. The fraction of sp³-hybridized carbons (Fsp3) is 0.136. The highest BCUT2D eigenvalue weighted by atomic mass is 35.5. The van der Waals surface area contributed by atoms with E-state index in [4.69, 9.17) is 11.6 Å². The van der Waals surface area contributed by atoms with Gasteiger partial charge in [0, 0.05) is 28.7 Å². The van der Waals surface area contributed by atoms with Gasteiger partial charge in [-0.15, -0.1) is 10.2 Å². The zero-order chi connectivity index (χ0) is 20.4. The smallest absolute Gasteiger partial charge is 0.237 e. The molecule has 1 atom stereocenters. The summed E-state index contributed by atoms with van der Waals surface area (Å²) >= 11 is 7.33. The van der Waals surface area contributed by atoms with Crippen molar-refractivity contribution in [3.8, 4) is 11.4 Å². The summed E-state index contributed by atoms with van der Waals surface area (Å²) in [5, 5.41) is 14.7. The zero-order valence-electron chi connectivity index (χ0n) is 16.0. The molecule has 3 aromatic carbocycles. The van der Waals surface area contributed by atoms with Crippen LogP contribution in [0.2, 0.25) is 5.02 Å². The van der Waals surface area contributed by atoms with Crippen molar-refractivity contribution in [1.29, 1.82) is 0 Å². The number of fused-ring (bicyclic) bond motifs is 1. The van der Waals surface area contributed by atoms with Crippen molar-refractivity contribution in [2.45, 2.75) is 17.3 Å². The summed E-state index contributed by atoms with van der Waals surface area (Å²) < 4.78 is 1.88. The molecule has 1 heterocycles. The van der Waals surface area contributed by atoms with Gasteiger partial charge < -0.3 is 9.88 Å². The number of amides is 1. The Morgan fingerprint density at radius 3 is 2.55 bits per heavy atom. The van der Waals surface area contributed by atoms with Crippen LogP contribution in [0.15, 0.2) is 71.9 Å². The van der Waals surface area contributed by atoms with Crippen molar-refractivity contribution in [1.82, 2.24) is 14.8 Å². The summed E-state index contributed by atoms with van der Waals surface area (Å²) in [4.78, 5) is 12.8. The Labute approximate surface area is 178 Å². The van der Waals surface area contributed by atoms with E-state index in [-0.39, 0.29) is 11.2 Å². The number of carbonyl (C=O) groups is 1. The van der Waals surface area contributed by atoms with Crippen LogP contribution in [0, 0.1) is 0 Å². The van der Waals surface area contributed by atoms with E-state index in [0.29, 0.717) is 10.2 Å². The Balaban J connectivity index is 1.50. The van der Waals surface area contributed by atoms with Crippen molar-refractivity contribution < 1.29 is 4.79 Å². The third kappa shape index (κ3) is 4.13. The molecule has 0 fully saturated rings. The second kappa shape index (κ2) is 8.27. The Morgan fingerprint density at radius 1 is 1.03 bits per heavy atom. The molecular weight excluding hydrogens is 404 g/mol. The molecule has 0 aliphatic heterocycles. The summed E-state index contributed by atoms with van der Waals surface area (Å²) in [5.74, 6) is 0.647. The maximum Gasteiger partial charge on any atom is 0.237 e. The minimum Gasteiger partial charge on any atom is -0.325 e. The van der Waals surface area contributed by atoms with E-state index in [1.807, 2.05) is 85.3 Å². The lowest BCUT2D eigenvalue weighted by Gasteiger charge is -2.13. The molecular formula is C22H19ClN4OS. The lowest BCUT2D eigenvalue weighted by atomic mass is 10.1. The van der Waals surface area contributed by atoms with E-state index in [9.17, 15) is 4.79 Å². The number of halogens is 1. The molecule has 0 aliphatic rings. The van der Waals surface area contributed by atoms with Crippen molar-refractivity contribution in [2.24, 2.45) is 7.05 Å². The molecule has 1 N–H and O–H groups in total. The van der Waals surface area contributed by atoms with E-state index in [0.717, 1.165) is 27.8 Å². The van der Waals surface area contributed by atoms with E-state index >= 15 is 0 Å². The molecule has 4 aromatic rings. The Morgan fingerprint density at radius 2 is 1.76 bits per heavy atom. The first-order valence-electron chi connectivity index (χ1n) is 9.13. The van der Waals surface area contributed by atoms with Crippen LogP contribution in [0.4, 0.5) is 5.69 Å². The first kappa shape index (κ1) is 19.5. The molecule has 1 unspecified atom stereocenters. The van der Waals surface area contributed by atoms with Gasteiger partial charge >= 0.3 is 0 Å². The quantitative estimate of drug-likeness (QED) is 0.437. The van der Waals surface area contributed by atoms with E-state index in [2.05, 4.69) is 15.5 Å². The molecule has 0 spiro atoms. The highest BCUT2D eigenvalue weighted by Gasteiger charge is 2.20. The maximum absolute atomic E-state index is 12.8. The maximum atomic E-state index is 12.8. The number of nitrogens with one attached hydrogen (secondary N) is 1. The predicted octanol–water partition coefficient (Wildman–Crippen LogP) is 5.41. The van der Waals surface area contributed by atoms with Gasteiger partial charge in [-0.25, -0.2) is 0 Å². The standard InChI is InChI=1S/C22H19ClN4OS/c1-14(21(28)24-19-9-5-7-15-6-3-4-8-18(15)19)29-22-26-25-20(27(22)2)16-10-12-17(23)13-11-16/h3-14H,1-2H3,(H,24,28). The summed E-state index contributed by atoms with van der Waals surface area (Å²) in [6, 6.07) is 21.3. The summed E-state index contributed by atoms with van der Waals surface area (Å²) in [6.07, 6.45) is 0. The Kier molecular flexibility index (Phi) is 5.56. The van der Waals surface area contributed by atoms with Crippen LogP contribution in [-0.4, -0.2) is 25.9 Å². The molecule has 0 saturated carbocycles. The fourth-order valence-electron chi connectivity index (χ4n) is 3.05. The monoisotopic (exact) mass is 422 g/mol. The van der Waals surface area contributed by atoms with Crippen molar-refractivity contribution in [2.75, 3.05) is 5.32 Å². The molecule has 1 amide bonds. The average Bonchev–Trinajstić information content (AvgIpc) is 3.09. The Hall–Kier alpha value is -2.83. The Bertz CT molecular complexity index is 1170. The average molecular weight is 423 g/mol. The second-order valence-corrected chi connectivity index (χ2v) is 8.39. The normalized spacial score (nSPS) is 12.1. The van der Waals surface area contributed by atoms with Crippen LogP contribution < -0.4 is 5.32 Å². The highest BCUT2D eigenvalue weighted by Crippen LogP contribution is 2.28. The number of anilines is 1. The largest absolute Gasteiger partial charge is 0.325 e. The van der Waals surface area contributed by atoms with E-state index in [1.165, 1.54) is 11.8 Å². The van der Waals surface area contributed by atoms with Crippen molar-refractivity contribution in [3.63, 3.8) is 0 Å². The van der Waals surface area contributed by atoms with Gasteiger partial charge in [-0.05, 0) is 42.6 Å². The highest BCUT2D eigenvalue weighted by molar-refractivity contribution is 8.00. The zero-order valence-corrected chi connectivity index (χ0v) is 17.5. The number of thioether (sulfide) groups is 1. The summed E-state index contributed by atoms with van der Waals surface area (Å²) in [7, 11) is 1.89. The molecule has 0 bridgehead atoms. The van der Waals surface area contributed by atoms with Gasteiger partial charge in [-0.3, -0.25) is 4.79 Å². The molecule has 7 heteroatoms. The number of benzene rings is 3. The van der Waals surface area contributed by atoms with Gasteiger partial charge in [0.15, 0.2) is 11.0 Å². The number of rotatable bonds is 5. The van der Waals surface area contributed by atoms with Gasteiger partial charge in [-0.2, -0.15) is 0 Å². The third-order valence-electron chi connectivity index (χ3n) is 4.64. The van der Waals surface area contributed by atoms with Crippen molar-refractivity contribution in [3.05, 3.63) is 71.8 Å². The SMILES string of the molecule is CC(Sc1nnc(-c2ccc(Cl)cc2)n1C)C(=O)Nc1cccc2ccccc12. The van der Waals surface area contributed by atoms with Gasteiger partial charge in [0.05, 0.1) is 5.25 Å². The van der Waals surface area contributed by atoms with E-state index in [1.54, 1.807) is 0 Å². The molecule has 1 aromatic heterocycles.